The van der Waals surface area contributed by atoms with Gasteiger partial charge in [0.25, 0.3) is 10.0 Å². The third kappa shape index (κ3) is 6.88. The van der Waals surface area contributed by atoms with Gasteiger partial charge in [-0.1, -0.05) is 44.2 Å². The van der Waals surface area contributed by atoms with Crippen LogP contribution in [0.15, 0.2) is 65.6 Å². The van der Waals surface area contributed by atoms with E-state index in [0.717, 1.165) is 34.4 Å². The Hall–Kier alpha value is -3.32. The number of para-hydroxylation sites is 1. The van der Waals surface area contributed by atoms with Crippen LogP contribution in [-0.2, 0) is 14.8 Å². The number of carbonyl (C=O) groups excluding carboxylic acids is 1. The highest BCUT2D eigenvalue weighted by Gasteiger charge is 2.27. The van der Waals surface area contributed by atoms with Gasteiger partial charge >= 0.3 is 0 Å². The highest BCUT2D eigenvalue weighted by atomic mass is 32.2. The number of benzene rings is 3. The van der Waals surface area contributed by atoms with Gasteiger partial charge < -0.3 is 10.1 Å². The first-order valence-corrected chi connectivity index (χ1v) is 13.6. The van der Waals surface area contributed by atoms with E-state index < -0.39 is 15.4 Å². The summed E-state index contributed by atoms with van der Waals surface area (Å²) in [6.07, 6.45) is 1.38. The van der Waals surface area contributed by atoms with E-state index in [1.54, 1.807) is 12.1 Å². The van der Waals surface area contributed by atoms with Crippen molar-refractivity contribution in [2.24, 2.45) is 5.41 Å². The van der Waals surface area contributed by atoms with Crippen molar-refractivity contribution in [1.29, 1.82) is 0 Å². The molecule has 0 heterocycles. The van der Waals surface area contributed by atoms with Crippen LogP contribution in [0.4, 0.5) is 11.4 Å². The molecule has 0 saturated carbocycles. The lowest BCUT2D eigenvalue weighted by Gasteiger charge is -2.24. The normalized spacial score (nSPS) is 11.7. The fourth-order valence-electron chi connectivity index (χ4n) is 3.86. The molecule has 0 aromatic heterocycles. The van der Waals surface area contributed by atoms with E-state index in [-0.39, 0.29) is 10.8 Å². The summed E-state index contributed by atoms with van der Waals surface area (Å²) in [6.45, 7) is 12.1. The number of anilines is 2. The zero-order chi connectivity index (χ0) is 26.5. The summed E-state index contributed by atoms with van der Waals surface area (Å²) in [7, 11) is -3.75. The third-order valence-corrected chi connectivity index (χ3v) is 7.67. The second-order valence-electron chi connectivity index (χ2n) is 9.96. The molecule has 2 N–H and O–H groups in total. The van der Waals surface area contributed by atoms with E-state index in [1.165, 1.54) is 12.1 Å². The van der Waals surface area contributed by atoms with Crippen molar-refractivity contribution in [3.05, 3.63) is 82.9 Å². The second-order valence-corrected chi connectivity index (χ2v) is 11.6. The van der Waals surface area contributed by atoms with Gasteiger partial charge in [-0.25, -0.2) is 8.42 Å². The molecule has 36 heavy (non-hydrogen) atoms. The summed E-state index contributed by atoms with van der Waals surface area (Å²) in [6, 6.07) is 17.9. The van der Waals surface area contributed by atoms with Gasteiger partial charge in [0.1, 0.15) is 5.75 Å². The molecule has 0 unspecified atom stereocenters. The maximum absolute atomic E-state index is 12.9. The van der Waals surface area contributed by atoms with Crippen LogP contribution >= 0.6 is 0 Å². The Morgan fingerprint density at radius 3 is 2.17 bits per heavy atom. The molecule has 0 spiro atoms. The average Bonchev–Trinajstić information content (AvgIpc) is 2.81. The zero-order valence-electron chi connectivity index (χ0n) is 21.9. The van der Waals surface area contributed by atoms with Crippen LogP contribution in [0.5, 0.6) is 5.75 Å². The lowest BCUT2D eigenvalue weighted by molar-refractivity contribution is -0.124. The van der Waals surface area contributed by atoms with Crippen molar-refractivity contribution < 1.29 is 17.9 Å². The maximum Gasteiger partial charge on any atom is 0.261 e. The number of amides is 1. The van der Waals surface area contributed by atoms with Crippen molar-refractivity contribution in [2.75, 3.05) is 16.6 Å². The zero-order valence-corrected chi connectivity index (χ0v) is 22.8. The molecule has 0 saturated heterocycles. The Bertz CT molecular complexity index is 1310. The van der Waals surface area contributed by atoms with Crippen LogP contribution < -0.4 is 14.8 Å². The molecule has 0 aliphatic heterocycles. The van der Waals surface area contributed by atoms with Crippen molar-refractivity contribution in [3.8, 4) is 5.75 Å². The van der Waals surface area contributed by atoms with Crippen LogP contribution in [0.1, 0.15) is 48.9 Å². The molecule has 3 rings (SSSR count). The Labute approximate surface area is 215 Å². The minimum atomic E-state index is -3.75. The van der Waals surface area contributed by atoms with E-state index >= 15 is 0 Å². The minimum Gasteiger partial charge on any atom is -0.493 e. The summed E-state index contributed by atoms with van der Waals surface area (Å²) >= 11 is 0. The molecule has 6 nitrogen and oxygen atoms in total. The first-order valence-electron chi connectivity index (χ1n) is 12.1. The molecule has 0 aliphatic carbocycles. The minimum absolute atomic E-state index is 0.126. The predicted octanol–water partition coefficient (Wildman–Crippen LogP) is 6.54. The molecule has 3 aromatic rings. The Morgan fingerprint density at radius 1 is 0.889 bits per heavy atom. The molecule has 0 atom stereocenters. The molecule has 1 amide bonds. The van der Waals surface area contributed by atoms with Gasteiger partial charge in [0, 0.05) is 11.1 Å². The molecule has 192 valence electrons. The summed E-state index contributed by atoms with van der Waals surface area (Å²) in [5, 5.41) is 2.91. The lowest BCUT2D eigenvalue weighted by atomic mass is 9.87. The number of nitrogens with one attached hydrogen (secondary N) is 2. The van der Waals surface area contributed by atoms with E-state index in [4.69, 9.17) is 4.74 Å². The highest BCUT2D eigenvalue weighted by Crippen LogP contribution is 2.27. The number of hydrogen-bond acceptors (Lipinski definition) is 4. The van der Waals surface area contributed by atoms with Crippen LogP contribution in [-0.4, -0.2) is 20.9 Å². The predicted molar refractivity (Wildman–Crippen MR) is 146 cm³/mol. The van der Waals surface area contributed by atoms with Gasteiger partial charge in [0.15, 0.2) is 0 Å². The topological polar surface area (TPSA) is 84.5 Å². The molecule has 0 bridgehead atoms. The number of rotatable bonds is 10. The fraction of sp³-hybridized carbons (Fsp3) is 0.345. The first kappa shape index (κ1) is 27.3. The first-order chi connectivity index (χ1) is 16.9. The number of aryl methyl sites for hydroxylation is 4. The maximum atomic E-state index is 12.9. The molecular formula is C29H36N2O4S. The summed E-state index contributed by atoms with van der Waals surface area (Å²) in [4.78, 5) is 13.0. The standard InChI is InChI=1S/C29H36N2O4S/c1-20-11-12-21(2)26(19-20)35-18-8-17-29(5,6)28(32)30-24-13-15-25(16-14-24)36(33,34)31-27-22(3)9-7-10-23(27)4/h7,9-16,19,31H,8,17-18H2,1-6H3,(H,30,32). The van der Waals surface area contributed by atoms with Gasteiger partial charge in [-0.05, 0) is 93.1 Å². The average molecular weight is 509 g/mol. The van der Waals surface area contributed by atoms with Gasteiger partial charge in [-0.2, -0.15) is 0 Å². The highest BCUT2D eigenvalue weighted by molar-refractivity contribution is 7.92. The molecular weight excluding hydrogens is 472 g/mol. The number of hydrogen-bond donors (Lipinski definition) is 2. The second kappa shape index (κ2) is 11.2. The quantitative estimate of drug-likeness (QED) is 0.304. The van der Waals surface area contributed by atoms with Crippen molar-refractivity contribution in [2.45, 2.75) is 59.3 Å². The van der Waals surface area contributed by atoms with Crippen LogP contribution in [0.3, 0.4) is 0 Å². The van der Waals surface area contributed by atoms with Crippen molar-refractivity contribution in [3.63, 3.8) is 0 Å². The largest absolute Gasteiger partial charge is 0.493 e. The monoisotopic (exact) mass is 508 g/mol. The van der Waals surface area contributed by atoms with E-state index in [0.29, 0.717) is 24.4 Å². The summed E-state index contributed by atoms with van der Waals surface area (Å²) in [5.41, 5.74) is 4.46. The van der Waals surface area contributed by atoms with Gasteiger partial charge in [0.05, 0.1) is 17.2 Å². The third-order valence-electron chi connectivity index (χ3n) is 6.30. The van der Waals surface area contributed by atoms with Gasteiger partial charge in [-0.3, -0.25) is 9.52 Å². The van der Waals surface area contributed by atoms with Crippen molar-refractivity contribution >= 4 is 27.3 Å². The number of sulfonamides is 1. The van der Waals surface area contributed by atoms with Crippen LogP contribution in [0, 0.1) is 33.1 Å². The van der Waals surface area contributed by atoms with Crippen molar-refractivity contribution in [1.82, 2.24) is 0 Å². The van der Waals surface area contributed by atoms with Gasteiger partial charge in [-0.15, -0.1) is 0 Å². The van der Waals surface area contributed by atoms with E-state index in [2.05, 4.69) is 16.1 Å². The lowest BCUT2D eigenvalue weighted by Crippen LogP contribution is -2.31. The van der Waals surface area contributed by atoms with Gasteiger partial charge in [0.2, 0.25) is 5.91 Å². The summed E-state index contributed by atoms with van der Waals surface area (Å²) in [5.74, 6) is 0.748. The smallest absolute Gasteiger partial charge is 0.261 e. The molecule has 0 radical (unpaired) electrons. The Kier molecular flexibility index (Phi) is 8.46. The van der Waals surface area contributed by atoms with E-state index in [1.807, 2.05) is 71.9 Å². The van der Waals surface area contributed by atoms with E-state index in [9.17, 15) is 13.2 Å². The SMILES string of the molecule is Cc1ccc(C)c(OCCCC(C)(C)C(=O)Nc2ccc(S(=O)(=O)Nc3c(C)cccc3C)cc2)c1. The molecule has 3 aromatic carbocycles. The molecule has 0 fully saturated rings. The van der Waals surface area contributed by atoms with Crippen LogP contribution in [0.25, 0.3) is 0 Å². The molecule has 0 aliphatic rings. The molecule has 7 heteroatoms. The Morgan fingerprint density at radius 2 is 1.53 bits per heavy atom. The Balaban J connectivity index is 1.56. The van der Waals surface area contributed by atoms with Crippen LogP contribution in [0.2, 0.25) is 0 Å². The fourth-order valence-corrected chi connectivity index (χ4v) is 5.06. The summed E-state index contributed by atoms with van der Waals surface area (Å²) < 4.78 is 34.3. The number of ether oxygens (including phenoxy) is 1. The number of carbonyl (C=O) groups is 1.